The van der Waals surface area contributed by atoms with Crippen molar-refractivity contribution in [3.8, 4) is 0 Å². The molecule has 0 spiro atoms. The smallest absolute Gasteiger partial charge is 0.251 e. The van der Waals surface area contributed by atoms with Gasteiger partial charge in [-0.3, -0.25) is 4.79 Å². The summed E-state index contributed by atoms with van der Waals surface area (Å²) >= 11 is 0. The van der Waals surface area contributed by atoms with Crippen LogP contribution in [0, 0.1) is 11.2 Å². The number of amides is 1. The van der Waals surface area contributed by atoms with Crippen LogP contribution in [0.15, 0.2) is 18.2 Å². The van der Waals surface area contributed by atoms with Gasteiger partial charge in [0.15, 0.2) is 0 Å². The fourth-order valence-electron chi connectivity index (χ4n) is 3.77. The van der Waals surface area contributed by atoms with Crippen LogP contribution in [0.4, 0.5) is 10.1 Å². The number of carbonyl (C=O) groups is 1. The van der Waals surface area contributed by atoms with E-state index in [1.165, 1.54) is 6.07 Å². The molecule has 0 radical (unpaired) electrons. The van der Waals surface area contributed by atoms with Crippen LogP contribution in [0.25, 0.3) is 0 Å². The molecule has 1 aromatic rings. The van der Waals surface area contributed by atoms with Crippen molar-refractivity contribution in [2.75, 3.05) is 24.6 Å². The summed E-state index contributed by atoms with van der Waals surface area (Å²) < 4.78 is 14.3. The largest absolute Gasteiger partial charge is 0.396 e. The number of hydrogen-bond donors (Lipinski definition) is 2. The van der Waals surface area contributed by atoms with Crippen LogP contribution in [0.1, 0.15) is 49.4 Å². The predicted octanol–water partition coefficient (Wildman–Crippen LogP) is 2.71. The van der Waals surface area contributed by atoms with Crippen molar-refractivity contribution in [3.05, 3.63) is 29.6 Å². The lowest BCUT2D eigenvalue weighted by molar-refractivity contribution is 0.0830. The number of benzene rings is 1. The molecule has 0 aromatic heterocycles. The molecule has 5 heteroatoms. The van der Waals surface area contributed by atoms with E-state index in [1.807, 2.05) is 11.8 Å². The zero-order valence-corrected chi connectivity index (χ0v) is 13.6. The summed E-state index contributed by atoms with van der Waals surface area (Å²) in [5, 5.41) is 12.5. The molecule has 126 valence electrons. The Kier molecular flexibility index (Phi) is 4.57. The molecule has 2 atom stereocenters. The molecule has 0 bridgehead atoms. The van der Waals surface area contributed by atoms with E-state index in [9.17, 15) is 14.3 Å². The lowest BCUT2D eigenvalue weighted by Crippen LogP contribution is -2.44. The number of anilines is 1. The van der Waals surface area contributed by atoms with Crippen molar-refractivity contribution in [2.45, 2.75) is 45.1 Å². The van der Waals surface area contributed by atoms with Crippen LogP contribution in [0.5, 0.6) is 0 Å². The lowest BCUT2D eigenvalue weighted by atomic mass is 9.85. The van der Waals surface area contributed by atoms with Crippen LogP contribution in [0.2, 0.25) is 0 Å². The molecule has 1 saturated heterocycles. The summed E-state index contributed by atoms with van der Waals surface area (Å²) in [5.41, 5.74) is 0.654. The van der Waals surface area contributed by atoms with Crippen LogP contribution in [-0.2, 0) is 0 Å². The number of halogens is 1. The number of nitrogens with one attached hydrogen (secondary N) is 1. The molecule has 1 aliphatic carbocycles. The maximum absolute atomic E-state index is 14.3. The third kappa shape index (κ3) is 3.20. The number of carbonyl (C=O) groups excluding carboxylic acids is 1. The van der Waals surface area contributed by atoms with Crippen molar-refractivity contribution < 1.29 is 14.3 Å². The molecule has 4 nitrogen and oxygen atoms in total. The van der Waals surface area contributed by atoms with E-state index in [0.717, 1.165) is 45.2 Å². The van der Waals surface area contributed by atoms with Gasteiger partial charge in [-0.25, -0.2) is 4.39 Å². The zero-order valence-electron chi connectivity index (χ0n) is 13.6. The minimum atomic E-state index is -0.337. The Morgan fingerprint density at radius 1 is 1.39 bits per heavy atom. The number of rotatable bonds is 4. The van der Waals surface area contributed by atoms with Gasteiger partial charge in [-0.15, -0.1) is 0 Å². The Labute approximate surface area is 136 Å². The van der Waals surface area contributed by atoms with Gasteiger partial charge >= 0.3 is 0 Å². The molecule has 2 N–H and O–H groups in total. The van der Waals surface area contributed by atoms with E-state index >= 15 is 0 Å². The van der Waals surface area contributed by atoms with Gasteiger partial charge in [0.2, 0.25) is 0 Å². The van der Waals surface area contributed by atoms with Gasteiger partial charge in [0.05, 0.1) is 12.3 Å². The quantitative estimate of drug-likeness (QED) is 0.897. The standard InChI is InChI=1S/C18H25FN2O2/c1-18(12-22)8-4-5-16(18)20-17(23)13-6-7-15(14(19)11-13)21-9-2-3-10-21/h6-7,11,16,22H,2-5,8-10,12H2,1H3,(H,20,23). The van der Waals surface area contributed by atoms with Crippen molar-refractivity contribution in [2.24, 2.45) is 5.41 Å². The third-order valence-electron chi connectivity index (χ3n) is 5.41. The maximum atomic E-state index is 14.3. The van der Waals surface area contributed by atoms with E-state index in [1.54, 1.807) is 12.1 Å². The third-order valence-corrected chi connectivity index (χ3v) is 5.41. The van der Waals surface area contributed by atoms with Crippen molar-refractivity contribution in [1.82, 2.24) is 5.32 Å². The predicted molar refractivity (Wildman–Crippen MR) is 88.1 cm³/mol. The molecule has 3 rings (SSSR count). The van der Waals surface area contributed by atoms with E-state index in [-0.39, 0.29) is 29.8 Å². The van der Waals surface area contributed by atoms with Crippen LogP contribution < -0.4 is 10.2 Å². The van der Waals surface area contributed by atoms with E-state index in [2.05, 4.69) is 5.32 Å². The first kappa shape index (κ1) is 16.2. The fourth-order valence-corrected chi connectivity index (χ4v) is 3.77. The Morgan fingerprint density at radius 2 is 2.13 bits per heavy atom. The van der Waals surface area contributed by atoms with Crippen LogP contribution >= 0.6 is 0 Å². The number of hydrogen-bond acceptors (Lipinski definition) is 3. The number of nitrogens with zero attached hydrogens (tertiary/aromatic N) is 1. The first-order valence-corrected chi connectivity index (χ1v) is 8.50. The Bertz CT molecular complexity index is 586. The second-order valence-electron chi connectivity index (χ2n) is 7.09. The Balaban J connectivity index is 1.71. The normalized spacial score (nSPS) is 27.4. The monoisotopic (exact) mass is 320 g/mol. The van der Waals surface area contributed by atoms with Crippen molar-refractivity contribution in [1.29, 1.82) is 0 Å². The number of aliphatic hydroxyl groups excluding tert-OH is 1. The minimum Gasteiger partial charge on any atom is -0.396 e. The molecule has 2 aliphatic rings. The van der Waals surface area contributed by atoms with Crippen molar-refractivity contribution in [3.63, 3.8) is 0 Å². The first-order valence-electron chi connectivity index (χ1n) is 8.50. The first-order chi connectivity index (χ1) is 11.0. The molecule has 2 fully saturated rings. The fraction of sp³-hybridized carbons (Fsp3) is 0.611. The topological polar surface area (TPSA) is 52.6 Å². The summed E-state index contributed by atoms with van der Waals surface area (Å²) in [6.45, 7) is 3.79. The molecular formula is C18H25FN2O2. The van der Waals surface area contributed by atoms with Crippen LogP contribution in [-0.4, -0.2) is 36.8 Å². The summed E-state index contributed by atoms with van der Waals surface area (Å²) in [4.78, 5) is 14.4. The number of aliphatic hydroxyl groups is 1. The van der Waals surface area contributed by atoms with Gasteiger partial charge in [0, 0.05) is 30.1 Å². The van der Waals surface area contributed by atoms with Gasteiger partial charge in [-0.2, -0.15) is 0 Å². The average molecular weight is 320 g/mol. The van der Waals surface area contributed by atoms with E-state index < -0.39 is 0 Å². The summed E-state index contributed by atoms with van der Waals surface area (Å²) in [6, 6.07) is 4.67. The average Bonchev–Trinajstić information content (AvgIpc) is 3.18. The highest BCUT2D eigenvalue weighted by Gasteiger charge is 2.39. The minimum absolute atomic E-state index is 0.0543. The lowest BCUT2D eigenvalue weighted by Gasteiger charge is -2.30. The maximum Gasteiger partial charge on any atom is 0.251 e. The molecule has 1 saturated carbocycles. The summed E-state index contributed by atoms with van der Waals surface area (Å²) in [5.74, 6) is -0.598. The second kappa shape index (κ2) is 6.48. The van der Waals surface area contributed by atoms with Crippen molar-refractivity contribution >= 4 is 11.6 Å². The molecule has 1 aromatic carbocycles. The molecular weight excluding hydrogens is 295 g/mol. The highest BCUT2D eigenvalue weighted by Crippen LogP contribution is 2.37. The van der Waals surface area contributed by atoms with Gasteiger partial charge in [0.25, 0.3) is 5.91 Å². The summed E-state index contributed by atoms with van der Waals surface area (Å²) in [7, 11) is 0. The SMILES string of the molecule is CC1(CO)CCCC1NC(=O)c1ccc(N2CCCC2)c(F)c1. The van der Waals surface area contributed by atoms with E-state index in [4.69, 9.17) is 0 Å². The second-order valence-corrected chi connectivity index (χ2v) is 7.09. The molecule has 1 amide bonds. The molecule has 1 heterocycles. The van der Waals surface area contributed by atoms with Crippen LogP contribution in [0.3, 0.4) is 0 Å². The molecule has 23 heavy (non-hydrogen) atoms. The van der Waals surface area contributed by atoms with Gasteiger partial charge in [0.1, 0.15) is 5.82 Å². The molecule has 1 aliphatic heterocycles. The van der Waals surface area contributed by atoms with Gasteiger partial charge in [-0.05, 0) is 43.9 Å². The van der Waals surface area contributed by atoms with E-state index in [0.29, 0.717) is 11.3 Å². The summed E-state index contributed by atoms with van der Waals surface area (Å²) in [6.07, 6.45) is 4.92. The van der Waals surface area contributed by atoms with Gasteiger partial charge < -0.3 is 15.3 Å². The highest BCUT2D eigenvalue weighted by molar-refractivity contribution is 5.94. The Hall–Kier alpha value is -1.62. The zero-order chi connectivity index (χ0) is 16.4. The highest BCUT2D eigenvalue weighted by atomic mass is 19.1. The molecule has 2 unspecified atom stereocenters. The Morgan fingerprint density at radius 3 is 2.78 bits per heavy atom. The van der Waals surface area contributed by atoms with Gasteiger partial charge in [-0.1, -0.05) is 13.3 Å².